The van der Waals surface area contributed by atoms with Crippen molar-refractivity contribution >= 4 is 29.2 Å². The SMILES string of the molecule is COc1ccc([C@@H]2CN(C)C(=O)[C@H]2NC(=O)Nc2ccc(Cl)cc2)cc1. The Labute approximate surface area is 157 Å². The first-order chi connectivity index (χ1) is 12.5. The number of urea groups is 1. The number of likely N-dealkylation sites (tertiary alicyclic amines) is 1. The summed E-state index contributed by atoms with van der Waals surface area (Å²) < 4.78 is 5.17. The second-order valence-electron chi connectivity index (χ2n) is 6.18. The number of halogens is 1. The van der Waals surface area contributed by atoms with Crippen molar-refractivity contribution in [3.8, 4) is 5.75 Å². The average Bonchev–Trinajstić information content (AvgIpc) is 2.92. The van der Waals surface area contributed by atoms with Gasteiger partial charge >= 0.3 is 6.03 Å². The zero-order chi connectivity index (χ0) is 18.7. The number of nitrogens with one attached hydrogen (secondary N) is 2. The summed E-state index contributed by atoms with van der Waals surface area (Å²) in [7, 11) is 3.34. The van der Waals surface area contributed by atoms with Crippen LogP contribution in [-0.4, -0.2) is 43.6 Å². The number of carbonyl (C=O) groups is 2. The molecule has 3 amide bonds. The van der Waals surface area contributed by atoms with E-state index in [1.165, 1.54) is 0 Å². The molecule has 2 aromatic carbocycles. The minimum Gasteiger partial charge on any atom is -0.497 e. The minimum atomic E-state index is -0.624. The maximum Gasteiger partial charge on any atom is 0.319 e. The quantitative estimate of drug-likeness (QED) is 0.865. The molecule has 0 aliphatic carbocycles. The Balaban J connectivity index is 1.73. The molecule has 0 bridgehead atoms. The predicted octanol–water partition coefficient (Wildman–Crippen LogP) is 3.09. The Morgan fingerprint density at radius 2 is 1.81 bits per heavy atom. The number of carbonyl (C=O) groups excluding carboxylic acids is 2. The lowest BCUT2D eigenvalue weighted by atomic mass is 9.94. The molecule has 7 heteroatoms. The van der Waals surface area contributed by atoms with Gasteiger partial charge in [0.25, 0.3) is 0 Å². The van der Waals surface area contributed by atoms with Crippen molar-refractivity contribution in [1.29, 1.82) is 0 Å². The van der Waals surface area contributed by atoms with Crippen molar-refractivity contribution in [3.63, 3.8) is 0 Å². The number of ether oxygens (including phenoxy) is 1. The molecular formula is C19H20ClN3O3. The van der Waals surface area contributed by atoms with E-state index in [9.17, 15) is 9.59 Å². The van der Waals surface area contributed by atoms with Crippen LogP contribution in [0.1, 0.15) is 11.5 Å². The van der Waals surface area contributed by atoms with Gasteiger partial charge in [-0.3, -0.25) is 4.79 Å². The molecule has 1 aliphatic heterocycles. The molecule has 1 aliphatic rings. The summed E-state index contributed by atoms with van der Waals surface area (Å²) in [6.07, 6.45) is 0. The van der Waals surface area contributed by atoms with Gasteiger partial charge in [0, 0.05) is 30.2 Å². The van der Waals surface area contributed by atoms with E-state index in [0.717, 1.165) is 11.3 Å². The fourth-order valence-corrected chi connectivity index (χ4v) is 3.18. The lowest BCUT2D eigenvalue weighted by Gasteiger charge is -2.19. The molecule has 0 radical (unpaired) electrons. The number of benzene rings is 2. The zero-order valence-electron chi connectivity index (χ0n) is 14.5. The Morgan fingerprint density at radius 1 is 1.15 bits per heavy atom. The fourth-order valence-electron chi connectivity index (χ4n) is 3.05. The summed E-state index contributed by atoms with van der Waals surface area (Å²) in [6.45, 7) is 0.539. The van der Waals surface area contributed by atoms with Gasteiger partial charge in [0.1, 0.15) is 11.8 Å². The number of hydrogen-bond acceptors (Lipinski definition) is 3. The first kappa shape index (κ1) is 18.1. The molecular weight excluding hydrogens is 354 g/mol. The number of amides is 3. The maximum absolute atomic E-state index is 12.5. The highest BCUT2D eigenvalue weighted by atomic mass is 35.5. The van der Waals surface area contributed by atoms with Crippen LogP contribution < -0.4 is 15.4 Å². The maximum atomic E-state index is 12.5. The van der Waals surface area contributed by atoms with Gasteiger partial charge in [-0.25, -0.2) is 4.79 Å². The van der Waals surface area contributed by atoms with E-state index in [-0.39, 0.29) is 11.8 Å². The van der Waals surface area contributed by atoms with Crippen molar-refractivity contribution in [2.75, 3.05) is 26.0 Å². The van der Waals surface area contributed by atoms with Gasteiger partial charge in [0.05, 0.1) is 7.11 Å². The van der Waals surface area contributed by atoms with Crippen LogP contribution in [0.2, 0.25) is 5.02 Å². The molecule has 2 atom stereocenters. The molecule has 136 valence electrons. The van der Waals surface area contributed by atoms with Gasteiger partial charge in [0.15, 0.2) is 0 Å². The van der Waals surface area contributed by atoms with Crippen molar-refractivity contribution in [1.82, 2.24) is 10.2 Å². The van der Waals surface area contributed by atoms with Crippen LogP contribution in [0.25, 0.3) is 0 Å². The smallest absolute Gasteiger partial charge is 0.319 e. The van der Waals surface area contributed by atoms with Crippen LogP contribution >= 0.6 is 11.6 Å². The Kier molecular flexibility index (Phi) is 5.32. The Hall–Kier alpha value is -2.73. The van der Waals surface area contributed by atoms with E-state index in [1.54, 1.807) is 43.3 Å². The van der Waals surface area contributed by atoms with Gasteiger partial charge in [-0.2, -0.15) is 0 Å². The van der Waals surface area contributed by atoms with Gasteiger partial charge < -0.3 is 20.3 Å². The number of methoxy groups -OCH3 is 1. The number of anilines is 1. The average molecular weight is 374 g/mol. The Morgan fingerprint density at radius 3 is 2.42 bits per heavy atom. The number of nitrogens with zero attached hydrogens (tertiary/aromatic N) is 1. The summed E-state index contributed by atoms with van der Waals surface area (Å²) in [4.78, 5) is 26.5. The number of rotatable bonds is 4. The zero-order valence-corrected chi connectivity index (χ0v) is 15.3. The van der Waals surface area contributed by atoms with Crippen LogP contribution in [0, 0.1) is 0 Å². The third kappa shape index (κ3) is 3.91. The highest BCUT2D eigenvalue weighted by molar-refractivity contribution is 6.30. The summed E-state index contributed by atoms with van der Waals surface area (Å²) in [5, 5.41) is 6.10. The second-order valence-corrected chi connectivity index (χ2v) is 6.62. The molecule has 26 heavy (non-hydrogen) atoms. The third-order valence-corrected chi connectivity index (χ3v) is 4.70. The first-order valence-electron chi connectivity index (χ1n) is 8.20. The van der Waals surface area contributed by atoms with Crippen molar-refractivity contribution in [3.05, 3.63) is 59.1 Å². The van der Waals surface area contributed by atoms with E-state index in [1.807, 2.05) is 24.3 Å². The molecule has 1 heterocycles. The highest BCUT2D eigenvalue weighted by Gasteiger charge is 2.40. The molecule has 0 unspecified atom stereocenters. The fraction of sp³-hybridized carbons (Fsp3) is 0.263. The topological polar surface area (TPSA) is 70.7 Å². The van der Waals surface area contributed by atoms with Gasteiger partial charge in [-0.05, 0) is 42.0 Å². The van der Waals surface area contributed by atoms with E-state index < -0.39 is 12.1 Å². The van der Waals surface area contributed by atoms with Crippen LogP contribution in [0.15, 0.2) is 48.5 Å². The molecule has 6 nitrogen and oxygen atoms in total. The minimum absolute atomic E-state index is 0.114. The lowest BCUT2D eigenvalue weighted by Crippen LogP contribution is -2.44. The molecule has 1 saturated heterocycles. The molecule has 3 rings (SSSR count). The Bertz CT molecular complexity index is 793. The van der Waals surface area contributed by atoms with Crippen LogP contribution in [0.5, 0.6) is 5.75 Å². The van der Waals surface area contributed by atoms with Crippen LogP contribution in [0.4, 0.5) is 10.5 Å². The van der Waals surface area contributed by atoms with Gasteiger partial charge in [0.2, 0.25) is 5.91 Å². The largest absolute Gasteiger partial charge is 0.497 e. The van der Waals surface area contributed by atoms with Gasteiger partial charge in [-0.1, -0.05) is 23.7 Å². The normalized spacial score (nSPS) is 19.3. The summed E-state index contributed by atoms with van der Waals surface area (Å²) in [6, 6.07) is 13.3. The summed E-state index contributed by atoms with van der Waals surface area (Å²) in [5.41, 5.74) is 1.58. The van der Waals surface area contributed by atoms with E-state index >= 15 is 0 Å². The van der Waals surface area contributed by atoms with E-state index in [2.05, 4.69) is 10.6 Å². The van der Waals surface area contributed by atoms with Crippen molar-refractivity contribution < 1.29 is 14.3 Å². The molecule has 2 N–H and O–H groups in total. The molecule has 0 saturated carbocycles. The van der Waals surface area contributed by atoms with Gasteiger partial charge in [-0.15, -0.1) is 0 Å². The van der Waals surface area contributed by atoms with Crippen LogP contribution in [-0.2, 0) is 4.79 Å². The first-order valence-corrected chi connectivity index (χ1v) is 8.57. The van der Waals surface area contributed by atoms with Crippen LogP contribution in [0.3, 0.4) is 0 Å². The molecule has 1 fully saturated rings. The highest BCUT2D eigenvalue weighted by Crippen LogP contribution is 2.29. The monoisotopic (exact) mass is 373 g/mol. The predicted molar refractivity (Wildman–Crippen MR) is 101 cm³/mol. The number of likely N-dealkylation sites (N-methyl/N-ethyl adjacent to an activating group) is 1. The molecule has 0 spiro atoms. The van der Waals surface area contributed by atoms with E-state index in [0.29, 0.717) is 17.3 Å². The third-order valence-electron chi connectivity index (χ3n) is 4.45. The van der Waals surface area contributed by atoms with Crippen molar-refractivity contribution in [2.24, 2.45) is 0 Å². The molecule has 2 aromatic rings. The molecule has 0 aromatic heterocycles. The summed E-state index contributed by atoms with van der Waals surface area (Å²) in [5.74, 6) is 0.503. The second kappa shape index (κ2) is 7.66. The standard InChI is InChI=1S/C19H20ClN3O3/c1-23-11-16(12-3-9-15(26-2)10-4-12)17(18(23)24)22-19(25)21-14-7-5-13(20)6-8-14/h3-10,16-17H,11H2,1-2H3,(H2,21,22,25)/t16-,17-/m0/s1. The lowest BCUT2D eigenvalue weighted by molar-refractivity contribution is -0.128. The van der Waals surface area contributed by atoms with E-state index in [4.69, 9.17) is 16.3 Å². The number of hydrogen-bond donors (Lipinski definition) is 2. The summed E-state index contributed by atoms with van der Waals surface area (Å²) >= 11 is 5.84. The van der Waals surface area contributed by atoms with Crippen molar-refractivity contribution in [2.45, 2.75) is 12.0 Å².